The molecule has 1 aromatic rings. The smallest absolute Gasteiger partial charge is 0.128 e. The Morgan fingerprint density at radius 1 is 1.11 bits per heavy atom. The molecular formula is C15H24O3. The molecule has 1 aromatic carbocycles. The third-order valence-electron chi connectivity index (χ3n) is 3.01. The molecule has 18 heavy (non-hydrogen) atoms. The maximum atomic E-state index is 5.86. The van der Waals surface area contributed by atoms with Crippen LogP contribution >= 0.6 is 0 Å². The van der Waals surface area contributed by atoms with Crippen molar-refractivity contribution in [2.75, 3.05) is 14.2 Å². The van der Waals surface area contributed by atoms with E-state index < -0.39 is 0 Å². The maximum Gasteiger partial charge on any atom is 0.128 e. The van der Waals surface area contributed by atoms with Crippen LogP contribution in [-0.4, -0.2) is 20.3 Å². The molecule has 3 heteroatoms. The first-order chi connectivity index (χ1) is 8.72. The van der Waals surface area contributed by atoms with Crippen molar-refractivity contribution in [3.05, 3.63) is 23.8 Å². The van der Waals surface area contributed by atoms with Gasteiger partial charge in [-0.2, -0.15) is 0 Å². The lowest BCUT2D eigenvalue weighted by molar-refractivity contribution is 0.0440. The van der Waals surface area contributed by atoms with Crippen LogP contribution in [0.25, 0.3) is 0 Å². The van der Waals surface area contributed by atoms with E-state index in [9.17, 15) is 0 Å². The van der Waals surface area contributed by atoms with Crippen molar-refractivity contribution in [3.63, 3.8) is 0 Å². The predicted molar refractivity (Wildman–Crippen MR) is 73.3 cm³/mol. The van der Waals surface area contributed by atoms with Crippen LogP contribution in [0.4, 0.5) is 0 Å². The summed E-state index contributed by atoms with van der Waals surface area (Å²) < 4.78 is 16.5. The summed E-state index contributed by atoms with van der Waals surface area (Å²) in [7, 11) is 3.33. The van der Waals surface area contributed by atoms with E-state index in [0.717, 1.165) is 23.5 Å². The van der Waals surface area contributed by atoms with Gasteiger partial charge in [0.25, 0.3) is 0 Å². The first-order valence-corrected chi connectivity index (χ1v) is 6.54. The number of benzene rings is 1. The molecule has 3 nitrogen and oxygen atoms in total. The van der Waals surface area contributed by atoms with Gasteiger partial charge in [-0.3, -0.25) is 0 Å². The average Bonchev–Trinajstić information content (AvgIpc) is 2.42. The summed E-state index contributed by atoms with van der Waals surface area (Å²) in [5.41, 5.74) is 0.978. The van der Waals surface area contributed by atoms with Crippen LogP contribution in [0.3, 0.4) is 0 Å². The molecule has 0 aliphatic carbocycles. The highest BCUT2D eigenvalue weighted by atomic mass is 16.5. The summed E-state index contributed by atoms with van der Waals surface area (Å²) in [6, 6.07) is 5.78. The minimum Gasteiger partial charge on any atom is -0.496 e. The zero-order valence-electron chi connectivity index (χ0n) is 11.9. The topological polar surface area (TPSA) is 27.7 Å². The summed E-state index contributed by atoms with van der Waals surface area (Å²) in [5.74, 6) is 1.63. The molecule has 1 rings (SSSR count). The predicted octanol–water partition coefficient (Wildman–Crippen LogP) is 3.80. The molecule has 102 valence electrons. The first kappa shape index (κ1) is 14.8. The Balaban J connectivity index is 2.65. The second-order valence-electron chi connectivity index (χ2n) is 4.40. The summed E-state index contributed by atoms with van der Waals surface area (Å²) >= 11 is 0. The molecule has 0 saturated heterocycles. The lowest BCUT2D eigenvalue weighted by atomic mass is 10.1. The SMILES string of the molecule is CCCCC(C)OCc1c(OC)cccc1OC. The van der Waals surface area contributed by atoms with E-state index in [1.807, 2.05) is 18.2 Å². The fourth-order valence-corrected chi connectivity index (χ4v) is 1.87. The van der Waals surface area contributed by atoms with Crippen molar-refractivity contribution in [1.82, 2.24) is 0 Å². The molecule has 0 N–H and O–H groups in total. The standard InChI is InChI=1S/C15H24O3/c1-5-6-8-12(2)18-11-13-14(16-3)9-7-10-15(13)17-4/h7,9-10,12H,5-6,8,11H2,1-4H3. The van der Waals surface area contributed by atoms with Crippen LogP contribution in [-0.2, 0) is 11.3 Å². The van der Waals surface area contributed by atoms with Crippen LogP contribution in [0.5, 0.6) is 11.5 Å². The number of hydrogen-bond acceptors (Lipinski definition) is 3. The molecule has 0 amide bonds. The second kappa shape index (κ2) is 7.98. The average molecular weight is 252 g/mol. The highest BCUT2D eigenvalue weighted by Gasteiger charge is 2.11. The Morgan fingerprint density at radius 2 is 1.72 bits per heavy atom. The van der Waals surface area contributed by atoms with Crippen molar-refractivity contribution >= 4 is 0 Å². The third-order valence-corrected chi connectivity index (χ3v) is 3.01. The highest BCUT2D eigenvalue weighted by Crippen LogP contribution is 2.29. The molecule has 0 aromatic heterocycles. The third kappa shape index (κ3) is 4.22. The monoisotopic (exact) mass is 252 g/mol. The fourth-order valence-electron chi connectivity index (χ4n) is 1.87. The molecule has 1 unspecified atom stereocenters. The Morgan fingerprint density at radius 3 is 2.22 bits per heavy atom. The molecule has 0 fully saturated rings. The summed E-state index contributed by atoms with van der Waals surface area (Å²) in [4.78, 5) is 0. The molecule has 0 spiro atoms. The maximum absolute atomic E-state index is 5.86. The van der Waals surface area contributed by atoms with Crippen molar-refractivity contribution < 1.29 is 14.2 Å². The van der Waals surface area contributed by atoms with Crippen LogP contribution < -0.4 is 9.47 Å². The van der Waals surface area contributed by atoms with E-state index in [1.165, 1.54) is 12.8 Å². The first-order valence-electron chi connectivity index (χ1n) is 6.54. The van der Waals surface area contributed by atoms with Gasteiger partial charge in [-0.15, -0.1) is 0 Å². The van der Waals surface area contributed by atoms with Crippen LogP contribution in [0, 0.1) is 0 Å². The van der Waals surface area contributed by atoms with Gasteiger partial charge in [0, 0.05) is 0 Å². The van der Waals surface area contributed by atoms with E-state index in [2.05, 4.69) is 13.8 Å². The van der Waals surface area contributed by atoms with Gasteiger partial charge in [0.1, 0.15) is 11.5 Å². The normalized spacial score (nSPS) is 12.2. The number of hydrogen-bond donors (Lipinski definition) is 0. The van der Waals surface area contributed by atoms with E-state index >= 15 is 0 Å². The number of ether oxygens (including phenoxy) is 3. The Bertz CT molecular complexity index is 327. The van der Waals surface area contributed by atoms with E-state index in [-0.39, 0.29) is 6.10 Å². The van der Waals surface area contributed by atoms with E-state index in [4.69, 9.17) is 14.2 Å². The molecule has 0 bridgehead atoms. The van der Waals surface area contributed by atoms with E-state index in [0.29, 0.717) is 6.61 Å². The van der Waals surface area contributed by atoms with Gasteiger partial charge < -0.3 is 14.2 Å². The highest BCUT2D eigenvalue weighted by molar-refractivity contribution is 5.44. The lowest BCUT2D eigenvalue weighted by Crippen LogP contribution is -2.09. The molecule has 1 atom stereocenters. The van der Waals surface area contributed by atoms with Gasteiger partial charge in [-0.05, 0) is 25.5 Å². The van der Waals surface area contributed by atoms with Crippen molar-refractivity contribution in [1.29, 1.82) is 0 Å². The quantitative estimate of drug-likeness (QED) is 0.704. The van der Waals surface area contributed by atoms with Crippen molar-refractivity contribution in [2.24, 2.45) is 0 Å². The number of rotatable bonds is 8. The van der Waals surface area contributed by atoms with Crippen molar-refractivity contribution in [3.8, 4) is 11.5 Å². The zero-order chi connectivity index (χ0) is 13.4. The van der Waals surface area contributed by atoms with Crippen molar-refractivity contribution in [2.45, 2.75) is 45.8 Å². The number of methoxy groups -OCH3 is 2. The Labute approximate surface area is 110 Å². The molecule has 0 aliphatic heterocycles. The fraction of sp³-hybridized carbons (Fsp3) is 0.600. The Hall–Kier alpha value is -1.22. The summed E-state index contributed by atoms with van der Waals surface area (Å²) in [6.07, 6.45) is 3.75. The largest absolute Gasteiger partial charge is 0.496 e. The van der Waals surface area contributed by atoms with E-state index in [1.54, 1.807) is 14.2 Å². The Kier molecular flexibility index (Phi) is 6.58. The van der Waals surface area contributed by atoms with Gasteiger partial charge in [-0.1, -0.05) is 25.8 Å². The van der Waals surface area contributed by atoms with Gasteiger partial charge >= 0.3 is 0 Å². The molecule has 0 saturated carbocycles. The van der Waals surface area contributed by atoms with Gasteiger partial charge in [-0.25, -0.2) is 0 Å². The van der Waals surface area contributed by atoms with Gasteiger partial charge in [0.05, 0.1) is 32.5 Å². The van der Waals surface area contributed by atoms with Crippen LogP contribution in [0.2, 0.25) is 0 Å². The minimum atomic E-state index is 0.263. The zero-order valence-corrected chi connectivity index (χ0v) is 11.9. The lowest BCUT2D eigenvalue weighted by Gasteiger charge is -2.16. The van der Waals surface area contributed by atoms with Crippen LogP contribution in [0.15, 0.2) is 18.2 Å². The summed E-state index contributed by atoms with van der Waals surface area (Å²) in [6.45, 7) is 4.82. The van der Waals surface area contributed by atoms with Crippen LogP contribution in [0.1, 0.15) is 38.7 Å². The second-order valence-corrected chi connectivity index (χ2v) is 4.40. The molecular weight excluding hydrogens is 228 g/mol. The number of unbranched alkanes of at least 4 members (excludes halogenated alkanes) is 1. The van der Waals surface area contributed by atoms with Gasteiger partial charge in [0.2, 0.25) is 0 Å². The molecule has 0 aliphatic rings. The molecule has 0 radical (unpaired) electrons. The van der Waals surface area contributed by atoms with Gasteiger partial charge in [0.15, 0.2) is 0 Å². The summed E-state index contributed by atoms with van der Waals surface area (Å²) in [5, 5.41) is 0. The molecule has 0 heterocycles. The minimum absolute atomic E-state index is 0.263.